The second-order valence-corrected chi connectivity index (χ2v) is 7.63. The third-order valence-corrected chi connectivity index (χ3v) is 5.41. The molecule has 0 aliphatic rings. The van der Waals surface area contributed by atoms with Crippen molar-refractivity contribution in [3.05, 3.63) is 16.1 Å². The van der Waals surface area contributed by atoms with E-state index in [4.69, 9.17) is 4.74 Å². The molecule has 0 spiro atoms. The Hall–Kier alpha value is -0.193. The predicted octanol–water partition coefficient (Wildman–Crippen LogP) is 3.04. The zero-order valence-corrected chi connectivity index (χ0v) is 12.0. The molecular weight excluding hydrogens is 222 g/mol. The summed E-state index contributed by atoms with van der Waals surface area (Å²) in [6.45, 7) is 10.6. The minimum atomic E-state index is 0.483. The lowest BCUT2D eigenvalue weighted by atomic mass is 10.1. The molecule has 1 aromatic heterocycles. The van der Waals surface area contributed by atoms with Crippen LogP contribution in [0.15, 0.2) is 5.51 Å². The summed E-state index contributed by atoms with van der Waals surface area (Å²) in [4.78, 5) is 5.54. The number of rotatable bonds is 6. The van der Waals surface area contributed by atoms with Gasteiger partial charge in [-0.05, 0) is 20.8 Å². The second kappa shape index (κ2) is 5.77. The fraction of sp³-hybridized carbons (Fsp3) is 0.727. The van der Waals surface area contributed by atoms with Gasteiger partial charge in [-0.15, -0.1) is 11.3 Å². The predicted molar refractivity (Wildman–Crippen MR) is 68.2 cm³/mol. The maximum Gasteiger partial charge on any atom is 0.301 e. The molecule has 1 heterocycles. The first-order chi connectivity index (χ1) is 7.05. The largest absolute Gasteiger partial charge is 0.375 e. The van der Waals surface area contributed by atoms with Gasteiger partial charge in [0.05, 0.1) is 36.0 Å². The molecule has 0 fully saturated rings. The fourth-order valence-corrected chi connectivity index (χ4v) is 2.11. The van der Waals surface area contributed by atoms with Crippen molar-refractivity contribution >= 4 is 20.9 Å². The zero-order valence-electron chi connectivity index (χ0n) is 10.0. The Bertz CT molecular complexity index is 299. The smallest absolute Gasteiger partial charge is 0.301 e. The number of thiazole rings is 1. The van der Waals surface area contributed by atoms with Gasteiger partial charge in [0.25, 0.3) is 0 Å². The summed E-state index contributed by atoms with van der Waals surface area (Å²) in [5.41, 5.74) is 2.98. The normalized spacial score (nSPS) is 11.7. The quantitative estimate of drug-likeness (QED) is 0.565. The molecule has 1 aromatic rings. The van der Waals surface area contributed by atoms with Crippen molar-refractivity contribution in [2.75, 3.05) is 6.61 Å². The van der Waals surface area contributed by atoms with Crippen LogP contribution in [0.25, 0.3) is 0 Å². The maximum atomic E-state index is 5.65. The lowest BCUT2D eigenvalue weighted by molar-refractivity contribution is 0.109. The lowest BCUT2D eigenvalue weighted by Crippen LogP contribution is -2.13. The molecule has 0 aliphatic heterocycles. The summed E-state index contributed by atoms with van der Waals surface area (Å²) in [5.74, 6) is 0. The van der Waals surface area contributed by atoms with E-state index >= 15 is 0 Å². The van der Waals surface area contributed by atoms with Crippen molar-refractivity contribution in [3.8, 4) is 0 Å². The van der Waals surface area contributed by atoms with Gasteiger partial charge in [-0.2, -0.15) is 0 Å². The van der Waals surface area contributed by atoms with Gasteiger partial charge in [0, 0.05) is 11.3 Å². The molecule has 0 N–H and O–H groups in total. The van der Waals surface area contributed by atoms with Crippen LogP contribution in [0.5, 0.6) is 0 Å². The van der Waals surface area contributed by atoms with E-state index in [2.05, 4.69) is 32.3 Å². The molecule has 2 nitrogen and oxygen atoms in total. The monoisotopic (exact) mass is 242 g/mol. The summed E-state index contributed by atoms with van der Waals surface area (Å²) in [6.07, 6.45) is 1.15. The highest BCUT2D eigenvalue weighted by Crippen LogP contribution is 2.27. The summed E-state index contributed by atoms with van der Waals surface area (Å²) < 4.78 is 5.65. The Labute approximate surface area is 98.9 Å². The molecule has 84 valence electrons. The van der Waals surface area contributed by atoms with E-state index in [0.717, 1.165) is 18.7 Å². The van der Waals surface area contributed by atoms with Crippen LogP contribution in [0.1, 0.15) is 30.8 Å². The van der Waals surface area contributed by atoms with Crippen molar-refractivity contribution < 1.29 is 4.74 Å². The molecule has 0 radical (unpaired) electrons. The first kappa shape index (κ1) is 12.9. The van der Waals surface area contributed by atoms with Crippen LogP contribution in [0, 0.1) is 6.92 Å². The Morgan fingerprint density at radius 1 is 1.53 bits per heavy atom. The lowest BCUT2D eigenvalue weighted by Gasteiger charge is -2.13. The standard InChI is InChI=1S/C11H20NOSSi/c1-9-10(12-8-14-9)7-13-6-5-11(2,3)15-4/h8,15H,5-7H2,1-4H3/q+1. The average molecular weight is 242 g/mol. The zero-order chi connectivity index (χ0) is 11.3. The first-order valence-corrected chi connectivity index (χ1v) is 7.93. The first-order valence-electron chi connectivity index (χ1n) is 5.32. The number of aryl methyl sites for hydroxylation is 1. The van der Waals surface area contributed by atoms with E-state index in [9.17, 15) is 0 Å². The number of aromatic nitrogens is 1. The van der Waals surface area contributed by atoms with Crippen LogP contribution in [-0.2, 0) is 11.3 Å². The van der Waals surface area contributed by atoms with Gasteiger partial charge in [-0.1, -0.05) is 0 Å². The van der Waals surface area contributed by atoms with Gasteiger partial charge < -0.3 is 4.74 Å². The molecule has 4 heteroatoms. The van der Waals surface area contributed by atoms with Gasteiger partial charge in [0.15, 0.2) is 0 Å². The van der Waals surface area contributed by atoms with Crippen LogP contribution >= 0.6 is 11.3 Å². The van der Waals surface area contributed by atoms with Crippen molar-refractivity contribution in [2.24, 2.45) is 0 Å². The Balaban J connectivity index is 2.20. The molecule has 15 heavy (non-hydrogen) atoms. The number of ether oxygens (including phenoxy) is 1. The van der Waals surface area contributed by atoms with Crippen LogP contribution < -0.4 is 0 Å². The van der Waals surface area contributed by atoms with Crippen molar-refractivity contribution in [2.45, 2.75) is 45.4 Å². The van der Waals surface area contributed by atoms with Gasteiger partial charge in [-0.25, -0.2) is 4.98 Å². The highest BCUT2D eigenvalue weighted by molar-refractivity contribution is 7.09. The molecule has 0 bridgehead atoms. The van der Waals surface area contributed by atoms with E-state index in [1.54, 1.807) is 11.3 Å². The van der Waals surface area contributed by atoms with E-state index in [1.807, 2.05) is 5.51 Å². The van der Waals surface area contributed by atoms with Gasteiger partial charge in [0.2, 0.25) is 0 Å². The van der Waals surface area contributed by atoms with Crippen LogP contribution in [0.3, 0.4) is 0 Å². The van der Waals surface area contributed by atoms with Gasteiger partial charge in [0.1, 0.15) is 0 Å². The number of nitrogens with zero attached hydrogens (tertiary/aromatic N) is 1. The molecule has 0 aromatic carbocycles. The summed E-state index contributed by atoms with van der Waals surface area (Å²) in [6, 6.07) is 0. The highest BCUT2D eigenvalue weighted by Gasteiger charge is 2.25. The van der Waals surface area contributed by atoms with Crippen LogP contribution in [-0.4, -0.2) is 21.1 Å². The van der Waals surface area contributed by atoms with Crippen molar-refractivity contribution in [1.82, 2.24) is 4.98 Å². The maximum absolute atomic E-state index is 5.65. The SMILES string of the molecule is C[SiH+]C(C)(C)CCOCc1ncsc1C. The van der Waals surface area contributed by atoms with Crippen molar-refractivity contribution in [1.29, 1.82) is 0 Å². The molecule has 0 unspecified atom stereocenters. The minimum Gasteiger partial charge on any atom is -0.375 e. The Morgan fingerprint density at radius 2 is 2.27 bits per heavy atom. The minimum absolute atomic E-state index is 0.483. The Morgan fingerprint density at radius 3 is 2.80 bits per heavy atom. The van der Waals surface area contributed by atoms with Crippen molar-refractivity contribution in [3.63, 3.8) is 0 Å². The van der Waals surface area contributed by atoms with Crippen LogP contribution in [0.4, 0.5) is 0 Å². The summed E-state index contributed by atoms with van der Waals surface area (Å²) >= 11 is 1.69. The summed E-state index contributed by atoms with van der Waals surface area (Å²) in [5, 5.41) is 0.483. The van der Waals surface area contributed by atoms with Crippen LogP contribution in [0.2, 0.25) is 11.6 Å². The molecule has 1 rings (SSSR count). The fourth-order valence-electron chi connectivity index (χ4n) is 1.12. The van der Waals surface area contributed by atoms with E-state index < -0.39 is 0 Å². The Kier molecular flexibility index (Phi) is 4.95. The van der Waals surface area contributed by atoms with E-state index in [0.29, 0.717) is 21.2 Å². The number of hydrogen-bond donors (Lipinski definition) is 0. The topological polar surface area (TPSA) is 22.1 Å². The second-order valence-electron chi connectivity index (χ2n) is 4.44. The molecule has 0 saturated carbocycles. The van der Waals surface area contributed by atoms with E-state index in [-0.39, 0.29) is 0 Å². The molecule has 0 saturated heterocycles. The molecule has 0 aliphatic carbocycles. The third-order valence-electron chi connectivity index (χ3n) is 2.76. The molecule has 0 amide bonds. The molecule has 0 atom stereocenters. The van der Waals surface area contributed by atoms with Gasteiger partial charge in [-0.3, -0.25) is 0 Å². The highest BCUT2D eigenvalue weighted by atomic mass is 32.1. The third kappa shape index (κ3) is 4.45. The molecular formula is C11H20NOSSi+. The van der Waals surface area contributed by atoms with E-state index in [1.165, 1.54) is 4.88 Å². The summed E-state index contributed by atoms with van der Waals surface area (Å²) in [7, 11) is 0.516. The van der Waals surface area contributed by atoms with Gasteiger partial charge >= 0.3 is 9.52 Å². The number of hydrogen-bond acceptors (Lipinski definition) is 3. The average Bonchev–Trinajstić information content (AvgIpc) is 2.59.